The van der Waals surface area contributed by atoms with Gasteiger partial charge in [-0.25, -0.2) is 9.97 Å². The standard InChI is InChI=1S/C25H20N4O3/c1-15-9-10-18(31-15)12-20-19(24(26)30)6-4-7-21(20)29-25-27-13-17(14-28-25)23-11-16-5-2-3-8-22(16)32-23/h2-11,13-14H,12H2,1H3,(H2,26,30)(H,27,28,29). The van der Waals surface area contributed by atoms with E-state index in [1.807, 2.05) is 55.5 Å². The van der Waals surface area contributed by atoms with E-state index in [2.05, 4.69) is 15.3 Å². The number of fused-ring (bicyclic) bond motifs is 1. The second-order valence-corrected chi connectivity index (χ2v) is 7.45. The van der Waals surface area contributed by atoms with Crippen LogP contribution < -0.4 is 11.1 Å². The predicted molar refractivity (Wildman–Crippen MR) is 122 cm³/mol. The number of hydrogen-bond donors (Lipinski definition) is 2. The number of primary amides is 1. The first kappa shape index (κ1) is 19.6. The molecule has 2 aromatic carbocycles. The van der Waals surface area contributed by atoms with E-state index >= 15 is 0 Å². The van der Waals surface area contributed by atoms with Crippen LogP contribution in [0.5, 0.6) is 0 Å². The molecule has 7 nitrogen and oxygen atoms in total. The summed E-state index contributed by atoms with van der Waals surface area (Å²) in [5.74, 6) is 2.12. The molecule has 0 aliphatic heterocycles. The van der Waals surface area contributed by atoms with Crippen molar-refractivity contribution in [1.29, 1.82) is 0 Å². The van der Waals surface area contributed by atoms with Gasteiger partial charge < -0.3 is 19.9 Å². The zero-order valence-electron chi connectivity index (χ0n) is 17.3. The van der Waals surface area contributed by atoms with Crippen LogP contribution in [0, 0.1) is 6.92 Å². The third-order valence-corrected chi connectivity index (χ3v) is 5.20. The van der Waals surface area contributed by atoms with Crippen molar-refractivity contribution in [1.82, 2.24) is 9.97 Å². The molecule has 5 rings (SSSR count). The molecule has 3 heterocycles. The lowest BCUT2D eigenvalue weighted by atomic mass is 10.0. The molecular formula is C25H20N4O3. The van der Waals surface area contributed by atoms with Gasteiger partial charge in [-0.3, -0.25) is 4.79 Å². The van der Waals surface area contributed by atoms with Gasteiger partial charge in [-0.2, -0.15) is 0 Å². The highest BCUT2D eigenvalue weighted by Crippen LogP contribution is 2.29. The van der Waals surface area contributed by atoms with Gasteiger partial charge in [-0.15, -0.1) is 0 Å². The smallest absolute Gasteiger partial charge is 0.249 e. The summed E-state index contributed by atoms with van der Waals surface area (Å²) in [6.07, 6.45) is 3.80. The Labute approximate surface area is 183 Å². The third kappa shape index (κ3) is 3.83. The molecule has 0 spiro atoms. The number of benzene rings is 2. The van der Waals surface area contributed by atoms with Crippen molar-refractivity contribution >= 4 is 28.5 Å². The van der Waals surface area contributed by atoms with Crippen LogP contribution >= 0.6 is 0 Å². The number of para-hydroxylation sites is 1. The fraction of sp³-hybridized carbons (Fsp3) is 0.0800. The molecule has 0 radical (unpaired) electrons. The molecule has 0 fully saturated rings. The number of carbonyl (C=O) groups is 1. The Morgan fingerprint density at radius 1 is 1.00 bits per heavy atom. The van der Waals surface area contributed by atoms with Crippen molar-refractivity contribution in [3.8, 4) is 11.3 Å². The summed E-state index contributed by atoms with van der Waals surface area (Å²) in [6.45, 7) is 1.88. The van der Waals surface area contributed by atoms with Crippen LogP contribution in [-0.2, 0) is 6.42 Å². The number of nitrogens with one attached hydrogen (secondary N) is 1. The molecule has 0 atom stereocenters. The highest BCUT2D eigenvalue weighted by atomic mass is 16.3. The third-order valence-electron chi connectivity index (χ3n) is 5.20. The zero-order chi connectivity index (χ0) is 22.1. The van der Waals surface area contributed by atoms with Gasteiger partial charge in [0, 0.05) is 35.5 Å². The monoisotopic (exact) mass is 424 g/mol. The number of amides is 1. The molecular weight excluding hydrogens is 404 g/mol. The lowest BCUT2D eigenvalue weighted by molar-refractivity contribution is 0.0999. The second kappa shape index (κ2) is 8.03. The maximum Gasteiger partial charge on any atom is 0.249 e. The number of carbonyl (C=O) groups excluding carboxylic acids is 1. The fourth-order valence-corrected chi connectivity index (χ4v) is 3.64. The Hall–Kier alpha value is -4.39. The predicted octanol–water partition coefficient (Wildman–Crippen LogP) is 5.22. The summed E-state index contributed by atoms with van der Waals surface area (Å²) in [4.78, 5) is 20.9. The van der Waals surface area contributed by atoms with Crippen molar-refractivity contribution in [2.45, 2.75) is 13.3 Å². The molecule has 0 unspecified atom stereocenters. The number of nitrogens with two attached hydrogens (primary N) is 1. The van der Waals surface area contributed by atoms with E-state index in [1.54, 1.807) is 24.5 Å². The van der Waals surface area contributed by atoms with Crippen molar-refractivity contribution in [3.05, 3.63) is 95.7 Å². The first-order valence-corrected chi connectivity index (χ1v) is 10.1. The Kier molecular flexibility index (Phi) is 4.91. The minimum Gasteiger partial charge on any atom is -0.466 e. The number of rotatable bonds is 6. The van der Waals surface area contributed by atoms with Gasteiger partial charge in [-0.05, 0) is 48.9 Å². The van der Waals surface area contributed by atoms with Crippen LogP contribution in [0.25, 0.3) is 22.3 Å². The molecule has 0 saturated heterocycles. The number of nitrogens with zero attached hydrogens (tertiary/aromatic N) is 2. The minimum absolute atomic E-state index is 0.392. The van der Waals surface area contributed by atoms with E-state index in [1.165, 1.54) is 0 Å². The Balaban J connectivity index is 1.44. The van der Waals surface area contributed by atoms with Crippen molar-refractivity contribution in [3.63, 3.8) is 0 Å². The Morgan fingerprint density at radius 3 is 2.53 bits per heavy atom. The number of furan rings is 2. The minimum atomic E-state index is -0.506. The van der Waals surface area contributed by atoms with Crippen LogP contribution in [0.4, 0.5) is 11.6 Å². The summed E-state index contributed by atoms with van der Waals surface area (Å²) in [7, 11) is 0. The van der Waals surface area contributed by atoms with Crippen molar-refractivity contribution in [2.75, 3.05) is 5.32 Å². The van der Waals surface area contributed by atoms with Crippen LogP contribution in [0.2, 0.25) is 0 Å². The van der Waals surface area contributed by atoms with Gasteiger partial charge in [-0.1, -0.05) is 24.3 Å². The fourth-order valence-electron chi connectivity index (χ4n) is 3.64. The summed E-state index contributed by atoms with van der Waals surface area (Å²) >= 11 is 0. The lowest BCUT2D eigenvalue weighted by Crippen LogP contribution is -2.15. The quantitative estimate of drug-likeness (QED) is 0.387. The topological polar surface area (TPSA) is 107 Å². The van der Waals surface area contributed by atoms with Gasteiger partial charge in [0.15, 0.2) is 0 Å². The van der Waals surface area contributed by atoms with E-state index in [-0.39, 0.29) is 0 Å². The molecule has 0 saturated carbocycles. The average Bonchev–Trinajstić information content (AvgIpc) is 3.41. The molecule has 0 aliphatic carbocycles. The van der Waals surface area contributed by atoms with Gasteiger partial charge in [0.1, 0.15) is 22.9 Å². The summed E-state index contributed by atoms with van der Waals surface area (Å²) < 4.78 is 11.6. The summed E-state index contributed by atoms with van der Waals surface area (Å²) in [5.41, 5.74) is 9.02. The van der Waals surface area contributed by atoms with Gasteiger partial charge in [0.05, 0.1) is 5.56 Å². The van der Waals surface area contributed by atoms with E-state index in [4.69, 9.17) is 14.6 Å². The number of hydrogen-bond acceptors (Lipinski definition) is 6. The molecule has 0 bridgehead atoms. The van der Waals surface area contributed by atoms with Crippen LogP contribution in [0.15, 0.2) is 81.9 Å². The Bertz CT molecular complexity index is 1380. The molecule has 7 heteroatoms. The average molecular weight is 424 g/mol. The van der Waals surface area contributed by atoms with Gasteiger partial charge in [0.2, 0.25) is 11.9 Å². The number of aromatic nitrogens is 2. The molecule has 3 aromatic heterocycles. The largest absolute Gasteiger partial charge is 0.466 e. The van der Waals surface area contributed by atoms with Crippen molar-refractivity contribution < 1.29 is 13.6 Å². The first-order valence-electron chi connectivity index (χ1n) is 10.1. The van der Waals surface area contributed by atoms with Crippen LogP contribution in [0.3, 0.4) is 0 Å². The maximum absolute atomic E-state index is 12.0. The van der Waals surface area contributed by atoms with Crippen LogP contribution in [0.1, 0.15) is 27.4 Å². The van der Waals surface area contributed by atoms with Crippen LogP contribution in [-0.4, -0.2) is 15.9 Å². The Morgan fingerprint density at radius 2 is 1.81 bits per heavy atom. The van der Waals surface area contributed by atoms with E-state index in [0.717, 1.165) is 33.6 Å². The van der Waals surface area contributed by atoms with E-state index < -0.39 is 5.91 Å². The molecule has 1 amide bonds. The number of aryl methyl sites for hydroxylation is 1. The molecule has 0 aliphatic rings. The molecule has 5 aromatic rings. The second-order valence-electron chi connectivity index (χ2n) is 7.45. The zero-order valence-corrected chi connectivity index (χ0v) is 17.3. The SMILES string of the molecule is Cc1ccc(Cc2c(Nc3ncc(-c4cc5ccccc5o4)cn3)cccc2C(N)=O)o1. The molecule has 32 heavy (non-hydrogen) atoms. The maximum atomic E-state index is 12.0. The molecule has 3 N–H and O–H groups in total. The highest BCUT2D eigenvalue weighted by molar-refractivity contribution is 5.96. The lowest BCUT2D eigenvalue weighted by Gasteiger charge is -2.13. The van der Waals surface area contributed by atoms with E-state index in [0.29, 0.717) is 29.4 Å². The normalized spacial score (nSPS) is 11.0. The first-order chi connectivity index (χ1) is 15.6. The summed E-state index contributed by atoms with van der Waals surface area (Å²) in [5, 5.41) is 4.22. The summed E-state index contributed by atoms with van der Waals surface area (Å²) in [6, 6.07) is 18.9. The van der Waals surface area contributed by atoms with E-state index in [9.17, 15) is 4.79 Å². The molecule has 158 valence electrons. The van der Waals surface area contributed by atoms with Crippen molar-refractivity contribution in [2.24, 2.45) is 5.73 Å². The number of anilines is 2. The van der Waals surface area contributed by atoms with Gasteiger partial charge in [0.25, 0.3) is 0 Å². The van der Waals surface area contributed by atoms with Gasteiger partial charge >= 0.3 is 0 Å². The highest BCUT2D eigenvalue weighted by Gasteiger charge is 2.16.